The standard InChI is InChI=1S/C31H27BrF3NO5/c1-4-39-25-14-18(8-10-24(25)40-13-12-17(2)3)27-26-28(37)22-16-20(32)9-11-23(22)41-29(26)30(38)36(27)21-7-5-6-19(15-21)31(33,34)35/h5-11,14-17,27H,4,12-13H2,1-3H3. The van der Waals surface area contributed by atoms with E-state index in [1.54, 1.807) is 36.4 Å². The highest BCUT2D eigenvalue weighted by atomic mass is 79.9. The lowest BCUT2D eigenvalue weighted by atomic mass is 9.97. The zero-order chi connectivity index (χ0) is 29.5. The van der Waals surface area contributed by atoms with Crippen molar-refractivity contribution in [2.45, 2.75) is 39.4 Å². The van der Waals surface area contributed by atoms with Gasteiger partial charge in [-0.25, -0.2) is 0 Å². The smallest absolute Gasteiger partial charge is 0.416 e. The molecule has 2 heterocycles. The van der Waals surface area contributed by atoms with Crippen LogP contribution in [0.2, 0.25) is 0 Å². The van der Waals surface area contributed by atoms with Crippen LogP contribution in [-0.4, -0.2) is 19.1 Å². The van der Waals surface area contributed by atoms with Gasteiger partial charge in [0.05, 0.1) is 35.8 Å². The van der Waals surface area contributed by atoms with Crippen LogP contribution in [0.4, 0.5) is 18.9 Å². The summed E-state index contributed by atoms with van der Waals surface area (Å²) in [4.78, 5) is 28.9. The minimum atomic E-state index is -4.63. The number of halogens is 4. The molecule has 0 aliphatic carbocycles. The summed E-state index contributed by atoms with van der Waals surface area (Å²) in [7, 11) is 0. The van der Waals surface area contributed by atoms with E-state index >= 15 is 0 Å². The van der Waals surface area contributed by atoms with Gasteiger partial charge in [-0.2, -0.15) is 13.2 Å². The van der Waals surface area contributed by atoms with Gasteiger partial charge in [0, 0.05) is 10.2 Å². The molecule has 0 bridgehead atoms. The number of carbonyl (C=O) groups excluding carboxylic acids is 1. The Hall–Kier alpha value is -3.79. The molecule has 41 heavy (non-hydrogen) atoms. The van der Waals surface area contributed by atoms with Crippen LogP contribution in [0.3, 0.4) is 0 Å². The molecule has 6 nitrogen and oxygen atoms in total. The first kappa shape index (κ1) is 28.7. The number of fused-ring (bicyclic) bond motifs is 2. The maximum absolute atomic E-state index is 13.9. The van der Waals surface area contributed by atoms with E-state index in [1.807, 2.05) is 6.92 Å². The van der Waals surface area contributed by atoms with Gasteiger partial charge in [0.25, 0.3) is 5.91 Å². The fraction of sp³-hybridized carbons (Fsp3) is 0.290. The van der Waals surface area contributed by atoms with Gasteiger partial charge in [0.2, 0.25) is 5.76 Å². The van der Waals surface area contributed by atoms with E-state index in [1.165, 1.54) is 17.0 Å². The summed E-state index contributed by atoms with van der Waals surface area (Å²) in [6.45, 7) is 6.76. The van der Waals surface area contributed by atoms with E-state index in [0.29, 0.717) is 40.7 Å². The van der Waals surface area contributed by atoms with Crippen LogP contribution >= 0.6 is 15.9 Å². The number of anilines is 1. The Kier molecular flexibility index (Phi) is 7.87. The zero-order valence-electron chi connectivity index (χ0n) is 22.5. The predicted octanol–water partition coefficient (Wildman–Crippen LogP) is 8.15. The number of hydrogen-bond acceptors (Lipinski definition) is 5. The average Bonchev–Trinajstić information content (AvgIpc) is 3.22. The number of hydrogen-bond donors (Lipinski definition) is 0. The minimum Gasteiger partial charge on any atom is -0.490 e. The van der Waals surface area contributed by atoms with Crippen LogP contribution in [0.5, 0.6) is 11.5 Å². The van der Waals surface area contributed by atoms with Crippen molar-refractivity contribution in [2.75, 3.05) is 18.1 Å². The number of benzene rings is 3. The van der Waals surface area contributed by atoms with Crippen LogP contribution in [0, 0.1) is 5.92 Å². The van der Waals surface area contributed by atoms with Gasteiger partial charge in [-0.15, -0.1) is 0 Å². The molecule has 1 aliphatic heterocycles. The molecule has 5 rings (SSSR count). The van der Waals surface area contributed by atoms with E-state index in [9.17, 15) is 22.8 Å². The van der Waals surface area contributed by atoms with Gasteiger partial charge in [-0.1, -0.05) is 41.9 Å². The van der Waals surface area contributed by atoms with E-state index in [-0.39, 0.29) is 28.0 Å². The highest BCUT2D eigenvalue weighted by Crippen LogP contribution is 2.44. The van der Waals surface area contributed by atoms with Crippen LogP contribution in [0.25, 0.3) is 11.0 Å². The van der Waals surface area contributed by atoms with Crippen molar-refractivity contribution in [1.29, 1.82) is 0 Å². The summed E-state index contributed by atoms with van der Waals surface area (Å²) in [5.74, 6) is 0.373. The average molecular weight is 630 g/mol. The minimum absolute atomic E-state index is 0.0268. The van der Waals surface area contributed by atoms with Crippen LogP contribution in [0.15, 0.2) is 74.3 Å². The van der Waals surface area contributed by atoms with E-state index in [0.717, 1.165) is 18.6 Å². The highest BCUT2D eigenvalue weighted by molar-refractivity contribution is 9.10. The molecule has 0 saturated heterocycles. The molecule has 0 spiro atoms. The van der Waals surface area contributed by atoms with Crippen molar-refractivity contribution in [3.63, 3.8) is 0 Å². The van der Waals surface area contributed by atoms with Crippen molar-refractivity contribution >= 4 is 38.5 Å². The fourth-order valence-corrected chi connectivity index (χ4v) is 5.21. The first-order valence-corrected chi connectivity index (χ1v) is 14.0. The number of alkyl halides is 3. The normalized spacial score (nSPS) is 15.1. The Bertz CT molecular complexity index is 1680. The van der Waals surface area contributed by atoms with Gasteiger partial charge in [-0.05, 0) is 73.4 Å². The summed E-state index contributed by atoms with van der Waals surface area (Å²) >= 11 is 3.36. The molecule has 1 aliphatic rings. The second kappa shape index (κ2) is 11.2. The Morgan fingerprint density at radius 1 is 1.00 bits per heavy atom. The topological polar surface area (TPSA) is 69.0 Å². The van der Waals surface area contributed by atoms with Crippen LogP contribution < -0.4 is 19.8 Å². The largest absolute Gasteiger partial charge is 0.490 e. The number of nitrogens with zero attached hydrogens (tertiary/aromatic N) is 1. The molecule has 0 N–H and O–H groups in total. The predicted molar refractivity (Wildman–Crippen MR) is 153 cm³/mol. The maximum atomic E-state index is 13.9. The first-order chi connectivity index (χ1) is 19.5. The van der Waals surface area contributed by atoms with Gasteiger partial charge >= 0.3 is 6.18 Å². The summed E-state index contributed by atoms with van der Waals surface area (Å²) in [6.07, 6.45) is -3.81. The van der Waals surface area contributed by atoms with Crippen molar-refractivity contribution in [1.82, 2.24) is 0 Å². The molecule has 3 aromatic carbocycles. The highest BCUT2D eigenvalue weighted by Gasteiger charge is 2.44. The molecule has 1 unspecified atom stereocenters. The van der Waals surface area contributed by atoms with Crippen LogP contribution in [0.1, 0.15) is 60.5 Å². The number of amides is 1. The van der Waals surface area contributed by atoms with Gasteiger partial charge in [-0.3, -0.25) is 14.5 Å². The molecule has 214 valence electrons. The summed E-state index contributed by atoms with van der Waals surface area (Å²) in [5, 5.41) is 0.237. The molecule has 0 saturated carbocycles. The lowest BCUT2D eigenvalue weighted by molar-refractivity contribution is -0.137. The number of carbonyl (C=O) groups is 1. The lowest BCUT2D eigenvalue weighted by Gasteiger charge is -2.26. The monoisotopic (exact) mass is 629 g/mol. The summed E-state index contributed by atoms with van der Waals surface area (Å²) < 4.78 is 59.3. The molecule has 0 fully saturated rings. The zero-order valence-corrected chi connectivity index (χ0v) is 24.1. The number of ether oxygens (including phenoxy) is 2. The molecular weight excluding hydrogens is 603 g/mol. The van der Waals surface area contributed by atoms with Gasteiger partial charge < -0.3 is 13.9 Å². The fourth-order valence-electron chi connectivity index (χ4n) is 4.85. The maximum Gasteiger partial charge on any atom is 0.416 e. The van der Waals surface area contributed by atoms with Crippen molar-refractivity contribution < 1.29 is 31.9 Å². The van der Waals surface area contributed by atoms with Crippen molar-refractivity contribution in [3.8, 4) is 11.5 Å². The third-order valence-corrected chi connectivity index (χ3v) is 7.31. The SMILES string of the molecule is CCOc1cc(C2c3c(oc4ccc(Br)cc4c3=O)C(=O)N2c2cccc(C(F)(F)F)c2)ccc1OCCC(C)C. The number of rotatable bonds is 8. The molecule has 1 aromatic heterocycles. The second-order valence-corrected chi connectivity index (χ2v) is 11.0. The van der Waals surface area contributed by atoms with E-state index in [4.69, 9.17) is 13.9 Å². The quantitative estimate of drug-likeness (QED) is 0.197. The van der Waals surface area contributed by atoms with E-state index in [2.05, 4.69) is 29.8 Å². The Morgan fingerprint density at radius 3 is 2.49 bits per heavy atom. The molecule has 10 heteroatoms. The molecular formula is C31H27BrF3NO5. The summed E-state index contributed by atoms with van der Waals surface area (Å²) in [5.41, 5.74) is -0.718. The Morgan fingerprint density at radius 2 is 1.78 bits per heavy atom. The van der Waals surface area contributed by atoms with Gasteiger partial charge in [0.15, 0.2) is 16.9 Å². The third-order valence-electron chi connectivity index (χ3n) is 6.82. The molecule has 0 radical (unpaired) electrons. The van der Waals surface area contributed by atoms with Crippen LogP contribution in [-0.2, 0) is 6.18 Å². The third kappa shape index (κ3) is 5.57. The lowest BCUT2D eigenvalue weighted by Crippen LogP contribution is -2.29. The van der Waals surface area contributed by atoms with Crippen molar-refractivity contribution in [2.24, 2.45) is 5.92 Å². The van der Waals surface area contributed by atoms with E-state index < -0.39 is 29.1 Å². The molecule has 1 amide bonds. The molecule has 1 atom stereocenters. The molecule has 4 aromatic rings. The second-order valence-electron chi connectivity index (χ2n) is 10.1. The van der Waals surface area contributed by atoms with Crippen molar-refractivity contribution in [3.05, 3.63) is 97.8 Å². The Balaban J connectivity index is 1.71. The Labute approximate surface area is 242 Å². The van der Waals surface area contributed by atoms with Gasteiger partial charge in [0.1, 0.15) is 5.58 Å². The first-order valence-electron chi connectivity index (χ1n) is 13.2. The summed E-state index contributed by atoms with van der Waals surface area (Å²) in [6, 6.07) is 13.2.